The van der Waals surface area contributed by atoms with Crippen molar-refractivity contribution in [3.8, 4) is 5.75 Å². The van der Waals surface area contributed by atoms with Crippen molar-refractivity contribution in [2.75, 3.05) is 0 Å². The van der Waals surface area contributed by atoms with Crippen LogP contribution in [0.15, 0.2) is 36.5 Å². The van der Waals surface area contributed by atoms with Crippen LogP contribution in [0.4, 0.5) is 0 Å². The van der Waals surface area contributed by atoms with E-state index in [-0.39, 0.29) is 12.2 Å². The molecule has 2 aromatic rings. The summed E-state index contributed by atoms with van der Waals surface area (Å²) in [5, 5.41) is 10.7. The molecule has 1 fully saturated rings. The predicted octanol–water partition coefficient (Wildman–Crippen LogP) is 2.92. The minimum atomic E-state index is -0.211. The Morgan fingerprint density at radius 3 is 3.00 bits per heavy atom. The Morgan fingerprint density at radius 1 is 1.17 bits per heavy atom. The number of hydrogen-bond donors (Lipinski definition) is 1. The van der Waals surface area contributed by atoms with Gasteiger partial charge < -0.3 is 9.84 Å². The highest BCUT2D eigenvalue weighted by molar-refractivity contribution is 5.84. The lowest BCUT2D eigenvalue weighted by atomic mass is 9.95. The first-order valence-electron chi connectivity index (χ1n) is 6.51. The molecule has 0 aliphatic heterocycles. The number of aromatic nitrogens is 1. The normalized spacial score (nSPS) is 24.1. The van der Waals surface area contributed by atoms with Crippen LogP contribution in [0.2, 0.25) is 0 Å². The monoisotopic (exact) mass is 243 g/mol. The second-order valence-electron chi connectivity index (χ2n) is 4.89. The number of hydrogen-bond acceptors (Lipinski definition) is 3. The fraction of sp³-hybridized carbons (Fsp3) is 0.400. The highest BCUT2D eigenvalue weighted by atomic mass is 16.5. The molecule has 1 aliphatic rings. The Bertz CT molecular complexity index is 536. The number of benzene rings is 1. The van der Waals surface area contributed by atoms with Crippen molar-refractivity contribution in [3.63, 3.8) is 0 Å². The van der Waals surface area contributed by atoms with Crippen LogP contribution in [0.1, 0.15) is 25.7 Å². The molecule has 1 aliphatic carbocycles. The average Bonchev–Trinajstić information content (AvgIpc) is 2.39. The molecule has 0 saturated heterocycles. The van der Waals surface area contributed by atoms with E-state index in [1.807, 2.05) is 30.3 Å². The van der Waals surface area contributed by atoms with Gasteiger partial charge in [0.1, 0.15) is 11.9 Å². The van der Waals surface area contributed by atoms with E-state index in [0.29, 0.717) is 0 Å². The molecule has 94 valence electrons. The summed E-state index contributed by atoms with van der Waals surface area (Å²) in [5.74, 6) is 0.875. The van der Waals surface area contributed by atoms with Crippen LogP contribution in [0, 0.1) is 0 Å². The summed E-state index contributed by atoms with van der Waals surface area (Å²) in [5.41, 5.74) is 0.950. The van der Waals surface area contributed by atoms with Crippen LogP contribution in [0.3, 0.4) is 0 Å². The standard InChI is InChI=1S/C15H17NO2/c17-11-4-1-5-12(10-11)18-15-8-2-7-14-13(15)6-3-9-16-14/h2-3,6-9,11-12,17H,1,4-5,10H2. The maximum Gasteiger partial charge on any atom is 0.129 e. The number of rotatable bonds is 2. The molecule has 0 amide bonds. The van der Waals surface area contributed by atoms with E-state index in [4.69, 9.17) is 4.74 Å². The zero-order valence-corrected chi connectivity index (χ0v) is 10.2. The van der Waals surface area contributed by atoms with Crippen molar-refractivity contribution in [1.82, 2.24) is 4.98 Å². The van der Waals surface area contributed by atoms with E-state index < -0.39 is 0 Å². The minimum Gasteiger partial charge on any atom is -0.490 e. The van der Waals surface area contributed by atoms with Crippen LogP contribution in [-0.2, 0) is 0 Å². The summed E-state index contributed by atoms with van der Waals surface area (Å²) in [6.45, 7) is 0. The summed E-state index contributed by atoms with van der Waals surface area (Å²) in [6.07, 6.45) is 5.39. The topological polar surface area (TPSA) is 42.4 Å². The van der Waals surface area contributed by atoms with E-state index in [1.54, 1.807) is 6.20 Å². The van der Waals surface area contributed by atoms with Crippen molar-refractivity contribution >= 4 is 10.9 Å². The van der Waals surface area contributed by atoms with Crippen LogP contribution in [-0.4, -0.2) is 22.3 Å². The van der Waals surface area contributed by atoms with E-state index >= 15 is 0 Å². The number of aliphatic hydroxyl groups is 1. The third kappa shape index (κ3) is 2.31. The molecule has 1 aromatic carbocycles. The third-order valence-corrected chi connectivity index (χ3v) is 3.50. The van der Waals surface area contributed by atoms with Crippen molar-refractivity contribution in [2.45, 2.75) is 37.9 Å². The molecule has 1 aromatic heterocycles. The van der Waals surface area contributed by atoms with Crippen LogP contribution in [0.25, 0.3) is 10.9 Å². The Hall–Kier alpha value is -1.61. The summed E-state index contributed by atoms with van der Waals surface area (Å²) in [4.78, 5) is 4.32. The Labute approximate surface area is 106 Å². The molecule has 0 bridgehead atoms. The van der Waals surface area contributed by atoms with Crippen molar-refractivity contribution in [1.29, 1.82) is 0 Å². The SMILES string of the molecule is OC1CCCC(Oc2cccc3ncccc23)C1. The van der Waals surface area contributed by atoms with E-state index in [2.05, 4.69) is 4.98 Å². The van der Waals surface area contributed by atoms with Crippen LogP contribution >= 0.6 is 0 Å². The molecule has 18 heavy (non-hydrogen) atoms. The van der Waals surface area contributed by atoms with E-state index in [0.717, 1.165) is 42.3 Å². The smallest absolute Gasteiger partial charge is 0.129 e. The zero-order valence-electron chi connectivity index (χ0n) is 10.2. The van der Waals surface area contributed by atoms with E-state index in [1.165, 1.54) is 0 Å². The summed E-state index contributed by atoms with van der Waals surface area (Å²) in [6, 6.07) is 9.87. The molecule has 0 spiro atoms. The molecule has 3 nitrogen and oxygen atoms in total. The van der Waals surface area contributed by atoms with Gasteiger partial charge in [-0.15, -0.1) is 0 Å². The Kier molecular flexibility index (Phi) is 3.15. The van der Waals surface area contributed by atoms with Gasteiger partial charge in [-0.25, -0.2) is 0 Å². The molecule has 3 heteroatoms. The highest BCUT2D eigenvalue weighted by Crippen LogP contribution is 2.28. The van der Waals surface area contributed by atoms with Gasteiger partial charge in [-0.3, -0.25) is 4.98 Å². The third-order valence-electron chi connectivity index (χ3n) is 3.50. The number of nitrogens with zero attached hydrogens (tertiary/aromatic N) is 1. The first kappa shape index (κ1) is 11.5. The van der Waals surface area contributed by atoms with E-state index in [9.17, 15) is 5.11 Å². The van der Waals surface area contributed by atoms with Gasteiger partial charge in [0.15, 0.2) is 0 Å². The fourth-order valence-electron chi connectivity index (χ4n) is 2.58. The first-order chi connectivity index (χ1) is 8.83. The first-order valence-corrected chi connectivity index (χ1v) is 6.51. The van der Waals surface area contributed by atoms with Gasteiger partial charge in [0.05, 0.1) is 11.6 Å². The molecular formula is C15H17NO2. The van der Waals surface area contributed by atoms with Gasteiger partial charge in [0.25, 0.3) is 0 Å². The molecule has 1 saturated carbocycles. The van der Waals surface area contributed by atoms with Crippen molar-refractivity contribution < 1.29 is 9.84 Å². The predicted molar refractivity (Wildman–Crippen MR) is 70.6 cm³/mol. The lowest BCUT2D eigenvalue weighted by molar-refractivity contribution is 0.0544. The van der Waals surface area contributed by atoms with Gasteiger partial charge in [0, 0.05) is 18.0 Å². The fourth-order valence-corrected chi connectivity index (χ4v) is 2.58. The zero-order chi connectivity index (χ0) is 12.4. The molecule has 1 N–H and O–H groups in total. The average molecular weight is 243 g/mol. The Balaban J connectivity index is 1.86. The van der Waals surface area contributed by atoms with Gasteiger partial charge in [0.2, 0.25) is 0 Å². The highest BCUT2D eigenvalue weighted by Gasteiger charge is 2.22. The molecule has 0 radical (unpaired) electrons. The number of aliphatic hydroxyl groups excluding tert-OH is 1. The maximum atomic E-state index is 9.68. The lowest BCUT2D eigenvalue weighted by Gasteiger charge is -2.27. The van der Waals surface area contributed by atoms with Gasteiger partial charge in [-0.05, 0) is 43.5 Å². The quantitative estimate of drug-likeness (QED) is 0.881. The lowest BCUT2D eigenvalue weighted by Crippen LogP contribution is -2.28. The Morgan fingerprint density at radius 2 is 2.11 bits per heavy atom. The molecular weight excluding hydrogens is 226 g/mol. The van der Waals surface area contributed by atoms with Crippen molar-refractivity contribution in [2.24, 2.45) is 0 Å². The van der Waals surface area contributed by atoms with Gasteiger partial charge in [-0.2, -0.15) is 0 Å². The van der Waals surface area contributed by atoms with Gasteiger partial charge in [-0.1, -0.05) is 6.07 Å². The minimum absolute atomic E-state index is 0.125. The maximum absolute atomic E-state index is 9.68. The second-order valence-corrected chi connectivity index (χ2v) is 4.89. The summed E-state index contributed by atoms with van der Waals surface area (Å²) < 4.78 is 6.04. The number of fused-ring (bicyclic) bond motifs is 1. The summed E-state index contributed by atoms with van der Waals surface area (Å²) in [7, 11) is 0. The molecule has 1 heterocycles. The molecule has 3 rings (SSSR count). The number of ether oxygens (including phenoxy) is 1. The molecule has 2 atom stereocenters. The number of pyridine rings is 1. The largest absolute Gasteiger partial charge is 0.490 e. The summed E-state index contributed by atoms with van der Waals surface area (Å²) >= 11 is 0. The van der Waals surface area contributed by atoms with Crippen LogP contribution in [0.5, 0.6) is 5.75 Å². The molecule has 2 unspecified atom stereocenters. The van der Waals surface area contributed by atoms with Crippen molar-refractivity contribution in [3.05, 3.63) is 36.5 Å². The second kappa shape index (κ2) is 4.94. The van der Waals surface area contributed by atoms with Crippen LogP contribution < -0.4 is 4.74 Å². The van der Waals surface area contributed by atoms with Gasteiger partial charge >= 0.3 is 0 Å².